The lowest BCUT2D eigenvalue weighted by molar-refractivity contribution is -0.201. The number of Topliss-reactive ketones (excluding diaryl/α,β-unsaturated/α-hetero) is 1. The van der Waals surface area contributed by atoms with Crippen LogP contribution in [0.5, 0.6) is 0 Å². The summed E-state index contributed by atoms with van der Waals surface area (Å²) >= 11 is 0. The monoisotopic (exact) mass is 540 g/mol. The standard InChI is InChI=1S/C32H44O7/c1-7-8-9-10-11-12-13-14-25(34)39-29-19(2)17-31-20(3)15-24-26(30(24,5)6)23(28(31)36)16-22(18-38-21(4)33)27(35)32(29,31)37/h11-14,16-17,20,23-24,26-27,29,35,37H,7-10,15,18H2,1-6H3/b12-11+,14-13+/t20-,23+,24-,26+,27-,29+,31?,32+/m1/s1. The molecule has 1 spiro atoms. The van der Waals surface area contributed by atoms with Gasteiger partial charge in [-0.2, -0.15) is 0 Å². The van der Waals surface area contributed by atoms with Crippen molar-refractivity contribution in [3.05, 3.63) is 47.6 Å². The largest absolute Gasteiger partial charge is 0.461 e. The van der Waals surface area contributed by atoms with Crippen molar-refractivity contribution in [3.63, 3.8) is 0 Å². The third kappa shape index (κ3) is 4.76. The summed E-state index contributed by atoms with van der Waals surface area (Å²) in [5.74, 6) is -1.92. The number of ether oxygens (including phenoxy) is 2. The van der Waals surface area contributed by atoms with Gasteiger partial charge < -0.3 is 19.7 Å². The Morgan fingerprint density at radius 1 is 1.21 bits per heavy atom. The van der Waals surface area contributed by atoms with E-state index in [2.05, 4.69) is 20.8 Å². The molecule has 4 rings (SSSR count). The fraction of sp³-hybridized carbons (Fsp3) is 0.656. The summed E-state index contributed by atoms with van der Waals surface area (Å²) in [6.45, 7) is 11.1. The van der Waals surface area contributed by atoms with Crippen LogP contribution in [0.4, 0.5) is 0 Å². The number of aliphatic hydroxyl groups is 2. The zero-order valence-corrected chi connectivity index (χ0v) is 24.1. The lowest BCUT2D eigenvalue weighted by atomic mass is 9.59. The normalized spacial score (nSPS) is 38.4. The molecule has 2 bridgehead atoms. The molecule has 0 aromatic rings. The number of esters is 2. The number of ketones is 1. The van der Waals surface area contributed by atoms with Crippen molar-refractivity contribution in [1.82, 2.24) is 0 Å². The van der Waals surface area contributed by atoms with Gasteiger partial charge in [0, 0.05) is 18.9 Å². The van der Waals surface area contributed by atoms with Crippen molar-refractivity contribution in [2.45, 2.75) is 91.5 Å². The number of carbonyl (C=O) groups excluding carboxylic acids is 3. The van der Waals surface area contributed by atoms with Gasteiger partial charge in [0.05, 0.1) is 5.41 Å². The molecule has 2 N–H and O–H groups in total. The van der Waals surface area contributed by atoms with E-state index in [1.807, 2.05) is 13.0 Å². The van der Waals surface area contributed by atoms with E-state index >= 15 is 0 Å². The predicted molar refractivity (Wildman–Crippen MR) is 147 cm³/mol. The molecule has 4 aliphatic carbocycles. The van der Waals surface area contributed by atoms with Gasteiger partial charge >= 0.3 is 11.9 Å². The van der Waals surface area contributed by atoms with E-state index in [9.17, 15) is 24.6 Å². The maximum Gasteiger partial charge on any atom is 0.331 e. The Bertz CT molecular complexity index is 1130. The van der Waals surface area contributed by atoms with Gasteiger partial charge in [-0.25, -0.2) is 4.79 Å². The van der Waals surface area contributed by atoms with Crippen LogP contribution in [0, 0.1) is 34.5 Å². The van der Waals surface area contributed by atoms with Crippen molar-refractivity contribution in [3.8, 4) is 0 Å². The summed E-state index contributed by atoms with van der Waals surface area (Å²) in [5.41, 5.74) is -2.87. The zero-order chi connectivity index (χ0) is 28.8. The Balaban J connectivity index is 1.69. The molecule has 1 unspecified atom stereocenters. The molecular weight excluding hydrogens is 496 g/mol. The third-order valence-corrected chi connectivity index (χ3v) is 9.84. The van der Waals surface area contributed by atoms with E-state index in [1.165, 1.54) is 13.0 Å². The number of rotatable bonds is 9. The summed E-state index contributed by atoms with van der Waals surface area (Å²) in [5, 5.41) is 24.3. The Morgan fingerprint density at radius 3 is 2.59 bits per heavy atom. The maximum atomic E-state index is 14.5. The molecule has 4 aliphatic rings. The molecule has 2 saturated carbocycles. The highest BCUT2D eigenvalue weighted by Crippen LogP contribution is 2.71. The van der Waals surface area contributed by atoms with Crippen LogP contribution in [0.1, 0.15) is 73.6 Å². The zero-order valence-electron chi connectivity index (χ0n) is 24.1. The van der Waals surface area contributed by atoms with Crippen LogP contribution in [0.15, 0.2) is 47.6 Å². The summed E-state index contributed by atoms with van der Waals surface area (Å²) in [7, 11) is 0. The van der Waals surface area contributed by atoms with E-state index in [1.54, 1.807) is 31.2 Å². The second-order valence-corrected chi connectivity index (χ2v) is 12.6. The Morgan fingerprint density at radius 2 is 1.92 bits per heavy atom. The Labute approximate surface area is 232 Å². The molecule has 0 heterocycles. The highest BCUT2D eigenvalue weighted by Gasteiger charge is 2.76. The first kappa shape index (κ1) is 29.5. The first-order chi connectivity index (χ1) is 18.3. The highest BCUT2D eigenvalue weighted by molar-refractivity contribution is 5.95. The smallest absolute Gasteiger partial charge is 0.331 e. The SMILES string of the molecule is CCCCC/C=C/C=C/C(=O)O[C@H]1C(C)=CC23C(=O)[C@@H](C=C(COC(C)=O)[C@@H](O)[C@]12O)[C@H]1[C@@H](C[C@H]3C)C1(C)C. The number of carbonyl (C=O) groups is 3. The minimum absolute atomic E-state index is 0.0519. The van der Waals surface area contributed by atoms with E-state index < -0.39 is 41.1 Å². The molecule has 0 amide bonds. The number of unbranched alkanes of at least 4 members (excludes halogenated alkanes) is 3. The van der Waals surface area contributed by atoms with Gasteiger partial charge in [-0.15, -0.1) is 0 Å². The minimum Gasteiger partial charge on any atom is -0.461 e. The average molecular weight is 541 g/mol. The lowest BCUT2D eigenvalue weighted by Crippen LogP contribution is -2.65. The Hall–Kier alpha value is -2.51. The van der Waals surface area contributed by atoms with Crippen molar-refractivity contribution < 1.29 is 34.1 Å². The Kier molecular flexibility index (Phi) is 8.17. The molecular formula is C32H44O7. The molecule has 0 aromatic carbocycles. The fourth-order valence-electron chi connectivity index (χ4n) is 7.74. The van der Waals surface area contributed by atoms with Gasteiger partial charge in [-0.3, -0.25) is 9.59 Å². The molecule has 7 nitrogen and oxygen atoms in total. The molecule has 0 saturated heterocycles. The molecule has 7 heteroatoms. The summed E-state index contributed by atoms with van der Waals surface area (Å²) in [6, 6.07) is 0. The lowest BCUT2D eigenvalue weighted by Gasteiger charge is -2.48. The third-order valence-electron chi connectivity index (χ3n) is 9.84. The summed E-state index contributed by atoms with van der Waals surface area (Å²) in [4.78, 5) is 39.1. The number of allylic oxidation sites excluding steroid dienone is 4. The van der Waals surface area contributed by atoms with Crippen LogP contribution in [-0.4, -0.2) is 52.4 Å². The van der Waals surface area contributed by atoms with Crippen LogP contribution < -0.4 is 0 Å². The summed E-state index contributed by atoms with van der Waals surface area (Å²) < 4.78 is 11.1. The molecule has 2 fully saturated rings. The molecule has 39 heavy (non-hydrogen) atoms. The average Bonchev–Trinajstić information content (AvgIpc) is 3.36. The van der Waals surface area contributed by atoms with Gasteiger partial charge in [-0.05, 0) is 60.5 Å². The van der Waals surface area contributed by atoms with Crippen molar-refractivity contribution in [1.29, 1.82) is 0 Å². The van der Waals surface area contributed by atoms with Crippen molar-refractivity contribution in [2.75, 3.05) is 6.61 Å². The van der Waals surface area contributed by atoms with Gasteiger partial charge in [0.2, 0.25) is 0 Å². The van der Waals surface area contributed by atoms with Crippen LogP contribution in [0.3, 0.4) is 0 Å². The topological polar surface area (TPSA) is 110 Å². The van der Waals surface area contributed by atoms with E-state index in [-0.39, 0.29) is 41.1 Å². The number of hydrogen-bond acceptors (Lipinski definition) is 7. The van der Waals surface area contributed by atoms with Crippen LogP contribution in [0.2, 0.25) is 0 Å². The van der Waals surface area contributed by atoms with Crippen LogP contribution in [0.25, 0.3) is 0 Å². The fourth-order valence-corrected chi connectivity index (χ4v) is 7.74. The van der Waals surface area contributed by atoms with Crippen LogP contribution >= 0.6 is 0 Å². The van der Waals surface area contributed by atoms with Crippen molar-refractivity contribution >= 4 is 17.7 Å². The quantitative estimate of drug-likeness (QED) is 0.144. The first-order valence-corrected chi connectivity index (χ1v) is 14.4. The number of aliphatic hydroxyl groups excluding tert-OH is 1. The molecule has 0 aromatic heterocycles. The van der Waals surface area contributed by atoms with E-state index in [4.69, 9.17) is 9.47 Å². The van der Waals surface area contributed by atoms with Crippen LogP contribution in [-0.2, 0) is 23.9 Å². The van der Waals surface area contributed by atoms with E-state index in [0.29, 0.717) is 12.0 Å². The van der Waals surface area contributed by atoms with Gasteiger partial charge in [0.1, 0.15) is 12.7 Å². The second-order valence-electron chi connectivity index (χ2n) is 12.6. The molecule has 8 atom stereocenters. The first-order valence-electron chi connectivity index (χ1n) is 14.4. The second kappa shape index (κ2) is 10.8. The van der Waals surface area contributed by atoms with Gasteiger partial charge in [0.25, 0.3) is 0 Å². The maximum absolute atomic E-state index is 14.5. The number of hydrogen-bond donors (Lipinski definition) is 2. The number of fused-ring (bicyclic) bond motifs is 3. The summed E-state index contributed by atoms with van der Waals surface area (Å²) in [6.07, 6.45) is 12.3. The molecule has 214 valence electrons. The minimum atomic E-state index is -2.14. The molecule has 0 radical (unpaired) electrons. The van der Waals surface area contributed by atoms with Gasteiger partial charge in [-0.1, -0.05) is 70.9 Å². The molecule has 0 aliphatic heterocycles. The predicted octanol–water partition coefficient (Wildman–Crippen LogP) is 4.63. The van der Waals surface area contributed by atoms with E-state index in [0.717, 1.165) is 25.7 Å². The highest BCUT2D eigenvalue weighted by atomic mass is 16.6. The van der Waals surface area contributed by atoms with Crippen molar-refractivity contribution in [2.24, 2.45) is 34.5 Å². The van der Waals surface area contributed by atoms with Gasteiger partial charge in [0.15, 0.2) is 17.5 Å².